The average Bonchev–Trinajstić information content (AvgIpc) is 3.64. The van der Waals surface area contributed by atoms with Crippen LogP contribution >= 0.6 is 11.8 Å². The smallest absolute Gasteiger partial charge is 0.242 e. The lowest BCUT2D eigenvalue weighted by molar-refractivity contribution is -0.294. The topological polar surface area (TPSA) is 235 Å². The maximum atomic E-state index is 13.3. The van der Waals surface area contributed by atoms with Gasteiger partial charge in [0, 0.05) is 36.6 Å². The van der Waals surface area contributed by atoms with Crippen LogP contribution in [0.2, 0.25) is 0 Å². The molecule has 3 amide bonds. The van der Waals surface area contributed by atoms with Gasteiger partial charge in [-0.05, 0) is 18.4 Å². The number of hydrogen-bond donors (Lipinski definition) is 6. The fourth-order valence-corrected chi connectivity index (χ4v) is 11.2. The molecule has 16 heteroatoms. The summed E-state index contributed by atoms with van der Waals surface area (Å²) in [6.45, 7) is 4.06. The first-order valence-electron chi connectivity index (χ1n) is 29.5. The van der Waals surface area contributed by atoms with Crippen molar-refractivity contribution in [2.24, 2.45) is 5.11 Å². The van der Waals surface area contributed by atoms with Crippen LogP contribution in [0.25, 0.3) is 10.4 Å². The number of likely N-dealkylation sites (tertiary alicyclic amines) is 1. The molecule has 2 heterocycles. The van der Waals surface area contributed by atoms with Crippen molar-refractivity contribution in [2.45, 2.75) is 312 Å². The first kappa shape index (κ1) is 66.1. The van der Waals surface area contributed by atoms with Gasteiger partial charge in [0.05, 0.1) is 30.1 Å². The highest BCUT2D eigenvalue weighted by Crippen LogP contribution is 2.31. The molecule has 0 spiro atoms. The fourth-order valence-electron chi connectivity index (χ4n) is 10.0. The van der Waals surface area contributed by atoms with Crippen LogP contribution in [0.15, 0.2) is 5.11 Å². The first-order valence-corrected chi connectivity index (χ1v) is 30.5. The Bertz CT molecular complexity index is 1410. The van der Waals surface area contributed by atoms with Gasteiger partial charge in [-0.1, -0.05) is 237 Å². The molecule has 2 fully saturated rings. The SMILES string of the molecule is CCCCCCCCCCCCCCCCCCCCCCCCCC(=O)N[C@@H](CO[C@H]1O[C@H](CSC2CC(=O)N(CCN=[N+]=[N-])C2=O)[C@H](O)[C@H](O)[C@H]1O)[C@H](O)[C@H](O)CCCCCCCCCCCCCC. The van der Waals surface area contributed by atoms with E-state index in [1.54, 1.807) is 0 Å². The van der Waals surface area contributed by atoms with Crippen LogP contribution < -0.4 is 5.32 Å². The average molecular weight is 1040 g/mol. The van der Waals surface area contributed by atoms with E-state index in [9.17, 15) is 39.9 Å². The third-order valence-electron chi connectivity index (χ3n) is 14.8. The van der Waals surface area contributed by atoms with Crippen LogP contribution in [-0.2, 0) is 23.9 Å². The highest BCUT2D eigenvalue weighted by Gasteiger charge is 2.46. The molecule has 72 heavy (non-hydrogen) atoms. The number of nitrogens with zero attached hydrogens (tertiary/aromatic N) is 4. The minimum Gasteiger partial charge on any atom is -0.390 e. The van der Waals surface area contributed by atoms with E-state index >= 15 is 0 Å². The summed E-state index contributed by atoms with van der Waals surface area (Å²) in [5.74, 6) is -1.19. The van der Waals surface area contributed by atoms with Gasteiger partial charge < -0.3 is 40.3 Å². The zero-order valence-corrected chi connectivity index (χ0v) is 46.2. The second-order valence-electron chi connectivity index (χ2n) is 21.2. The van der Waals surface area contributed by atoms with E-state index in [2.05, 4.69) is 29.2 Å². The monoisotopic (exact) mass is 1040 g/mol. The van der Waals surface area contributed by atoms with Gasteiger partial charge in [0.25, 0.3) is 0 Å². The Balaban J connectivity index is 1.76. The molecule has 2 rings (SSSR count). The highest BCUT2D eigenvalue weighted by atomic mass is 32.2. The van der Waals surface area contributed by atoms with Gasteiger partial charge >= 0.3 is 0 Å². The van der Waals surface area contributed by atoms with Crippen molar-refractivity contribution in [2.75, 3.05) is 25.4 Å². The van der Waals surface area contributed by atoms with Crippen LogP contribution in [0, 0.1) is 0 Å². The largest absolute Gasteiger partial charge is 0.390 e. The Morgan fingerprint density at radius 2 is 1.11 bits per heavy atom. The van der Waals surface area contributed by atoms with E-state index in [4.69, 9.17) is 15.0 Å². The van der Waals surface area contributed by atoms with E-state index in [1.807, 2.05) is 0 Å². The molecule has 2 aliphatic rings. The van der Waals surface area contributed by atoms with E-state index in [0.717, 1.165) is 55.2 Å². The predicted molar refractivity (Wildman–Crippen MR) is 290 cm³/mol. The molecule has 2 saturated heterocycles. The van der Waals surface area contributed by atoms with Gasteiger partial charge in [-0.25, -0.2) is 0 Å². The third-order valence-corrected chi connectivity index (χ3v) is 16.1. The fraction of sp³-hybridized carbons (Fsp3) is 0.946. The lowest BCUT2D eigenvalue weighted by Crippen LogP contribution is -2.60. The number of aliphatic hydroxyl groups excluding tert-OH is 5. The summed E-state index contributed by atoms with van der Waals surface area (Å²) in [6, 6.07) is -1.06. The summed E-state index contributed by atoms with van der Waals surface area (Å²) in [5.41, 5.74) is 8.56. The molecule has 0 radical (unpaired) electrons. The van der Waals surface area contributed by atoms with Gasteiger partial charge in [-0.3, -0.25) is 19.3 Å². The lowest BCUT2D eigenvalue weighted by atomic mass is 9.98. The quantitative estimate of drug-likeness (QED) is 0.0110. The van der Waals surface area contributed by atoms with Crippen LogP contribution in [0.1, 0.15) is 258 Å². The van der Waals surface area contributed by atoms with Crippen LogP contribution in [-0.4, -0.2) is 128 Å². The second-order valence-corrected chi connectivity index (χ2v) is 22.4. The Morgan fingerprint density at radius 3 is 1.56 bits per heavy atom. The van der Waals surface area contributed by atoms with E-state index < -0.39 is 66.0 Å². The minimum absolute atomic E-state index is 0.0290. The molecule has 0 aromatic rings. The standard InChI is InChI=1S/C56H105N5O10S/c1-3-5-7-9-11-13-15-17-18-19-20-21-22-23-24-25-26-27-29-31-33-35-37-39-49(63)59-45(51(65)46(62)38-36-34-32-30-28-16-14-12-10-8-6-4-2)43-70-56-54(68)53(67)52(66)47(71-56)44-72-48-42-50(64)61(55(48)69)41-40-58-60-57/h45-48,51-54,56,62,65-68H,3-44H2,1-2H3,(H,59,63)/t45-,46+,47+,48?,51-,52-,53-,54+,56-/m0/s1. The molecule has 6 N–H and O–H groups in total. The van der Waals surface area contributed by atoms with Gasteiger partial charge in [0.15, 0.2) is 6.29 Å². The summed E-state index contributed by atoms with van der Waals surface area (Å²) >= 11 is 1.06. The summed E-state index contributed by atoms with van der Waals surface area (Å²) in [4.78, 5) is 42.4. The number of unbranched alkanes of at least 4 members (excludes halogenated alkanes) is 33. The van der Waals surface area contributed by atoms with Crippen LogP contribution in [0.4, 0.5) is 0 Å². The van der Waals surface area contributed by atoms with Crippen LogP contribution in [0.3, 0.4) is 0 Å². The van der Waals surface area contributed by atoms with Crippen molar-refractivity contribution in [3.05, 3.63) is 10.4 Å². The number of aliphatic hydroxyl groups is 5. The number of carbonyl (C=O) groups excluding carboxylic acids is 3. The predicted octanol–water partition coefficient (Wildman–Crippen LogP) is 11.7. The molecule has 9 atom stereocenters. The number of rotatable bonds is 49. The Morgan fingerprint density at radius 1 is 0.681 bits per heavy atom. The zero-order chi connectivity index (χ0) is 52.4. The third kappa shape index (κ3) is 30.5. The highest BCUT2D eigenvalue weighted by molar-refractivity contribution is 8.00. The molecule has 0 bridgehead atoms. The van der Waals surface area contributed by atoms with Gasteiger partial charge in [-0.15, -0.1) is 11.8 Å². The van der Waals surface area contributed by atoms with E-state index in [1.165, 1.54) is 173 Å². The number of nitrogens with one attached hydrogen (secondary N) is 1. The van der Waals surface area contributed by atoms with Crippen molar-refractivity contribution >= 4 is 29.5 Å². The number of carbonyl (C=O) groups is 3. The summed E-state index contributed by atoms with van der Waals surface area (Å²) in [7, 11) is 0. The molecular weight excluding hydrogens is 935 g/mol. The Kier molecular flexibility index (Phi) is 40.5. The maximum Gasteiger partial charge on any atom is 0.242 e. The minimum atomic E-state index is -1.68. The summed E-state index contributed by atoms with van der Waals surface area (Å²) < 4.78 is 11.8. The van der Waals surface area contributed by atoms with Crippen molar-refractivity contribution in [3.8, 4) is 0 Å². The van der Waals surface area contributed by atoms with Crippen molar-refractivity contribution in [1.82, 2.24) is 10.2 Å². The molecule has 15 nitrogen and oxygen atoms in total. The van der Waals surface area contributed by atoms with Gasteiger partial charge in [0.2, 0.25) is 17.7 Å². The van der Waals surface area contributed by atoms with Gasteiger partial charge in [0.1, 0.15) is 24.4 Å². The number of imide groups is 1. The normalized spacial score (nSPS) is 21.5. The van der Waals surface area contributed by atoms with E-state index in [-0.39, 0.29) is 44.2 Å². The van der Waals surface area contributed by atoms with Crippen LogP contribution in [0.5, 0.6) is 0 Å². The zero-order valence-electron chi connectivity index (χ0n) is 45.4. The van der Waals surface area contributed by atoms with Crippen molar-refractivity contribution in [3.63, 3.8) is 0 Å². The van der Waals surface area contributed by atoms with Gasteiger partial charge in [-0.2, -0.15) is 0 Å². The number of ether oxygens (including phenoxy) is 2. The van der Waals surface area contributed by atoms with Crippen molar-refractivity contribution in [1.29, 1.82) is 0 Å². The van der Waals surface area contributed by atoms with Crippen molar-refractivity contribution < 1.29 is 49.4 Å². The molecule has 0 saturated carbocycles. The molecule has 0 aromatic carbocycles. The number of azide groups is 1. The molecule has 1 unspecified atom stereocenters. The number of amides is 3. The number of hydrogen-bond acceptors (Lipinski definition) is 12. The molecule has 2 aliphatic heterocycles. The Labute approximate surface area is 440 Å². The summed E-state index contributed by atoms with van der Waals surface area (Å²) in [5, 5.41) is 60.5. The van der Waals surface area contributed by atoms with E-state index in [0.29, 0.717) is 19.3 Å². The second kappa shape index (κ2) is 44.2. The molecular formula is C56H105N5O10S. The molecule has 0 aliphatic carbocycles. The number of thioether (sulfide) groups is 1. The first-order chi connectivity index (χ1) is 35.0. The molecule has 420 valence electrons. The maximum absolute atomic E-state index is 13.3. The molecule has 0 aromatic heterocycles. The lowest BCUT2D eigenvalue weighted by Gasteiger charge is -2.41. The summed E-state index contributed by atoms with van der Waals surface area (Å²) in [6.07, 6.45) is 34.2. The Hall–Kier alpha value is -2.01.